The molecule has 0 saturated carbocycles. The first-order valence-electron chi connectivity index (χ1n) is 10.1. The van der Waals surface area contributed by atoms with Crippen molar-refractivity contribution in [1.29, 1.82) is 0 Å². The Kier molecular flexibility index (Phi) is 7.31. The summed E-state index contributed by atoms with van der Waals surface area (Å²) in [4.78, 5) is 9.16. The second-order valence-corrected chi connectivity index (χ2v) is 7.00. The molecule has 28 heavy (non-hydrogen) atoms. The van der Waals surface area contributed by atoms with E-state index in [9.17, 15) is 0 Å². The van der Waals surface area contributed by atoms with Crippen LogP contribution in [0.25, 0.3) is 0 Å². The molecule has 7 heteroatoms. The van der Waals surface area contributed by atoms with Crippen LogP contribution in [0.5, 0.6) is 0 Å². The average molecular weight is 385 g/mol. The Balaban J connectivity index is 1.47. The van der Waals surface area contributed by atoms with Crippen molar-refractivity contribution in [3.8, 4) is 0 Å². The molecule has 0 aliphatic carbocycles. The summed E-state index contributed by atoms with van der Waals surface area (Å²) >= 11 is 0. The number of anilines is 1. The molecule has 3 rings (SSSR count). The highest BCUT2D eigenvalue weighted by Gasteiger charge is 2.25. The number of hydrogen-bond donors (Lipinski definition) is 1. The molecule has 1 aromatic carbocycles. The summed E-state index contributed by atoms with van der Waals surface area (Å²) in [5, 5.41) is 7.78. The van der Waals surface area contributed by atoms with Crippen molar-refractivity contribution < 1.29 is 4.74 Å². The highest BCUT2D eigenvalue weighted by Crippen LogP contribution is 2.21. The number of benzene rings is 1. The number of aliphatic imine (C=N–C) groups is 1. The first-order valence-corrected chi connectivity index (χ1v) is 10.1. The summed E-state index contributed by atoms with van der Waals surface area (Å²) in [6.45, 7) is 7.45. The molecule has 1 saturated heterocycles. The number of nitrogens with zero attached hydrogens (tertiary/aromatic N) is 5. The molecular formula is C21H32N6O. The van der Waals surface area contributed by atoms with Gasteiger partial charge in [0, 0.05) is 57.7 Å². The predicted octanol–water partition coefficient (Wildman–Crippen LogP) is 2.29. The van der Waals surface area contributed by atoms with Crippen LogP contribution >= 0.6 is 0 Å². The standard InChI is InChI=1S/C21H32N6O/c1-4-26(19-9-6-5-7-10-19)12-8-11-23-21(22-2)27-13-14-28-20(17-27)18-15-24-25(3)16-18/h5-7,9-10,15-16,20H,4,8,11-14,17H2,1-3H3,(H,22,23). The minimum absolute atomic E-state index is 0.0367. The fraction of sp³-hybridized carbons (Fsp3) is 0.524. The number of aromatic nitrogens is 2. The van der Waals surface area contributed by atoms with Gasteiger partial charge in [0.15, 0.2) is 5.96 Å². The minimum Gasteiger partial charge on any atom is -0.372 e. The molecule has 1 unspecified atom stereocenters. The molecule has 2 aromatic rings. The zero-order valence-corrected chi connectivity index (χ0v) is 17.2. The summed E-state index contributed by atoms with van der Waals surface area (Å²) in [5.74, 6) is 0.944. The number of aryl methyl sites for hydroxylation is 1. The lowest BCUT2D eigenvalue weighted by molar-refractivity contribution is -0.00801. The van der Waals surface area contributed by atoms with Crippen molar-refractivity contribution >= 4 is 11.6 Å². The van der Waals surface area contributed by atoms with Crippen LogP contribution in [0.2, 0.25) is 0 Å². The van der Waals surface area contributed by atoms with Crippen LogP contribution in [0.1, 0.15) is 25.0 Å². The van der Waals surface area contributed by atoms with Gasteiger partial charge in [-0.3, -0.25) is 9.67 Å². The van der Waals surface area contributed by atoms with Crippen molar-refractivity contribution in [2.75, 3.05) is 51.3 Å². The second kappa shape index (κ2) is 10.1. The molecule has 0 bridgehead atoms. The molecule has 1 atom stereocenters. The molecule has 2 heterocycles. The van der Waals surface area contributed by atoms with Crippen LogP contribution in [0.3, 0.4) is 0 Å². The number of guanidine groups is 1. The first kappa shape index (κ1) is 20.2. The third kappa shape index (κ3) is 5.25. The number of morpholine rings is 1. The zero-order chi connectivity index (χ0) is 19.8. The van der Waals surface area contributed by atoms with E-state index < -0.39 is 0 Å². The lowest BCUT2D eigenvalue weighted by atomic mass is 10.1. The lowest BCUT2D eigenvalue weighted by Gasteiger charge is -2.35. The van der Waals surface area contributed by atoms with E-state index in [1.54, 1.807) is 0 Å². The largest absolute Gasteiger partial charge is 0.372 e. The van der Waals surface area contributed by atoms with Gasteiger partial charge in [-0.05, 0) is 25.5 Å². The SMILES string of the molecule is CCN(CCCNC(=NC)N1CCOC(c2cnn(C)c2)C1)c1ccccc1. The van der Waals surface area contributed by atoms with Crippen LogP contribution in [0.15, 0.2) is 47.7 Å². The number of rotatable bonds is 7. The van der Waals surface area contributed by atoms with Gasteiger partial charge in [-0.2, -0.15) is 5.10 Å². The van der Waals surface area contributed by atoms with Crippen LogP contribution in [-0.4, -0.2) is 67.0 Å². The molecule has 0 radical (unpaired) electrons. The van der Waals surface area contributed by atoms with E-state index in [2.05, 4.69) is 62.5 Å². The average Bonchev–Trinajstić information content (AvgIpc) is 3.18. The van der Waals surface area contributed by atoms with E-state index in [4.69, 9.17) is 4.74 Å². The smallest absolute Gasteiger partial charge is 0.193 e. The van der Waals surface area contributed by atoms with Gasteiger partial charge in [-0.25, -0.2) is 0 Å². The molecular weight excluding hydrogens is 352 g/mol. The summed E-state index contributed by atoms with van der Waals surface area (Å²) in [5.41, 5.74) is 2.39. The lowest BCUT2D eigenvalue weighted by Crippen LogP contribution is -2.48. The molecule has 1 aliphatic heterocycles. The molecule has 1 fully saturated rings. The van der Waals surface area contributed by atoms with Gasteiger partial charge in [0.2, 0.25) is 0 Å². The quantitative estimate of drug-likeness (QED) is 0.451. The fourth-order valence-electron chi connectivity index (χ4n) is 3.56. The molecule has 7 nitrogen and oxygen atoms in total. The van der Waals surface area contributed by atoms with Crippen LogP contribution in [-0.2, 0) is 11.8 Å². The highest BCUT2D eigenvalue weighted by atomic mass is 16.5. The molecule has 152 valence electrons. The van der Waals surface area contributed by atoms with Crippen molar-refractivity contribution in [2.24, 2.45) is 12.0 Å². The van der Waals surface area contributed by atoms with Gasteiger partial charge >= 0.3 is 0 Å². The normalized spacial score (nSPS) is 17.6. The summed E-state index contributed by atoms with van der Waals surface area (Å²) < 4.78 is 7.75. The topological polar surface area (TPSA) is 57.9 Å². The Hall–Kier alpha value is -2.54. The van der Waals surface area contributed by atoms with E-state index in [-0.39, 0.29) is 6.10 Å². The third-order valence-corrected chi connectivity index (χ3v) is 5.07. The van der Waals surface area contributed by atoms with Crippen molar-refractivity contribution in [2.45, 2.75) is 19.4 Å². The van der Waals surface area contributed by atoms with Crippen molar-refractivity contribution in [1.82, 2.24) is 20.0 Å². The van der Waals surface area contributed by atoms with E-state index in [1.165, 1.54) is 5.69 Å². The second-order valence-electron chi connectivity index (χ2n) is 7.00. The molecule has 0 amide bonds. The van der Waals surface area contributed by atoms with Gasteiger partial charge in [0.05, 0.1) is 19.3 Å². The van der Waals surface area contributed by atoms with E-state index in [1.807, 2.05) is 31.2 Å². The summed E-state index contributed by atoms with van der Waals surface area (Å²) in [6.07, 6.45) is 4.99. The van der Waals surface area contributed by atoms with Crippen molar-refractivity contribution in [3.63, 3.8) is 0 Å². The maximum atomic E-state index is 5.94. The Morgan fingerprint density at radius 2 is 2.18 bits per heavy atom. The van der Waals surface area contributed by atoms with E-state index in [0.29, 0.717) is 6.61 Å². The number of ether oxygens (including phenoxy) is 1. The first-order chi connectivity index (χ1) is 13.7. The van der Waals surface area contributed by atoms with Crippen LogP contribution in [0, 0.1) is 0 Å². The van der Waals surface area contributed by atoms with E-state index >= 15 is 0 Å². The third-order valence-electron chi connectivity index (χ3n) is 5.07. The summed E-state index contributed by atoms with van der Waals surface area (Å²) in [7, 11) is 3.78. The number of nitrogens with one attached hydrogen (secondary N) is 1. The number of hydrogen-bond acceptors (Lipinski definition) is 4. The Morgan fingerprint density at radius 3 is 2.86 bits per heavy atom. The molecule has 1 aromatic heterocycles. The van der Waals surface area contributed by atoms with Gasteiger partial charge in [0.25, 0.3) is 0 Å². The van der Waals surface area contributed by atoms with Crippen molar-refractivity contribution in [3.05, 3.63) is 48.3 Å². The molecule has 1 aliphatic rings. The fourth-order valence-corrected chi connectivity index (χ4v) is 3.56. The van der Waals surface area contributed by atoms with Gasteiger partial charge in [-0.1, -0.05) is 18.2 Å². The maximum Gasteiger partial charge on any atom is 0.193 e. The van der Waals surface area contributed by atoms with Gasteiger partial charge < -0.3 is 19.9 Å². The molecule has 0 spiro atoms. The van der Waals surface area contributed by atoms with Gasteiger partial charge in [-0.15, -0.1) is 0 Å². The molecule has 1 N–H and O–H groups in total. The number of para-hydroxylation sites is 1. The van der Waals surface area contributed by atoms with E-state index in [0.717, 1.165) is 50.7 Å². The highest BCUT2D eigenvalue weighted by molar-refractivity contribution is 5.80. The predicted molar refractivity (Wildman–Crippen MR) is 114 cm³/mol. The zero-order valence-electron chi connectivity index (χ0n) is 17.2. The maximum absolute atomic E-state index is 5.94. The minimum atomic E-state index is 0.0367. The Labute approximate surface area is 168 Å². The monoisotopic (exact) mass is 384 g/mol. The Morgan fingerprint density at radius 1 is 1.36 bits per heavy atom. The Bertz CT molecular complexity index is 744. The summed E-state index contributed by atoms with van der Waals surface area (Å²) in [6, 6.07) is 10.6. The van der Waals surface area contributed by atoms with Crippen LogP contribution < -0.4 is 10.2 Å². The van der Waals surface area contributed by atoms with Crippen LogP contribution in [0.4, 0.5) is 5.69 Å². The van der Waals surface area contributed by atoms with Gasteiger partial charge in [0.1, 0.15) is 6.10 Å².